The molecule has 2 heterocycles. The predicted octanol–water partition coefficient (Wildman–Crippen LogP) is 2.70. The molecule has 0 aromatic heterocycles. The highest BCUT2D eigenvalue weighted by Crippen LogP contribution is 2.33. The third kappa shape index (κ3) is 3.62. The van der Waals surface area contributed by atoms with E-state index in [1.165, 1.54) is 6.92 Å². The Bertz CT molecular complexity index is 1110. The Morgan fingerprint density at radius 2 is 1.84 bits per heavy atom. The molecule has 2 aliphatic rings. The first-order valence-corrected chi connectivity index (χ1v) is 10.7. The average Bonchev–Trinajstić information content (AvgIpc) is 3.29. The fourth-order valence-corrected chi connectivity index (χ4v) is 4.40. The molecule has 5 amide bonds. The lowest BCUT2D eigenvalue weighted by molar-refractivity contribution is -0.134. The molecule has 1 saturated heterocycles. The number of nitrogens with zero attached hydrogens (tertiary/aromatic N) is 2. The summed E-state index contributed by atoms with van der Waals surface area (Å²) in [6.45, 7) is 5.54. The van der Waals surface area contributed by atoms with Crippen LogP contribution in [0.4, 0.5) is 16.2 Å². The topological polar surface area (TPSA) is 98.8 Å². The zero-order valence-electron chi connectivity index (χ0n) is 18.4. The summed E-state index contributed by atoms with van der Waals surface area (Å²) in [5.74, 6) is -0.923. The maximum atomic E-state index is 13.2. The third-order valence-corrected chi connectivity index (χ3v) is 6.19. The van der Waals surface area contributed by atoms with Crippen LogP contribution in [0, 0.1) is 6.92 Å². The summed E-state index contributed by atoms with van der Waals surface area (Å²) in [4.78, 5) is 52.9. The third-order valence-electron chi connectivity index (χ3n) is 6.19. The van der Waals surface area contributed by atoms with E-state index in [-0.39, 0.29) is 12.5 Å². The Morgan fingerprint density at radius 1 is 1.12 bits per heavy atom. The number of urea groups is 1. The van der Waals surface area contributed by atoms with E-state index in [1.807, 2.05) is 44.2 Å². The van der Waals surface area contributed by atoms with Crippen LogP contribution in [0.15, 0.2) is 42.5 Å². The van der Waals surface area contributed by atoms with Gasteiger partial charge in [0, 0.05) is 24.8 Å². The fourth-order valence-electron chi connectivity index (χ4n) is 4.40. The van der Waals surface area contributed by atoms with Gasteiger partial charge in [-0.3, -0.25) is 19.3 Å². The van der Waals surface area contributed by atoms with Gasteiger partial charge in [0.05, 0.1) is 0 Å². The van der Waals surface area contributed by atoms with Crippen LogP contribution >= 0.6 is 0 Å². The van der Waals surface area contributed by atoms with Crippen molar-refractivity contribution >= 4 is 35.1 Å². The molecular weight excluding hydrogens is 408 g/mol. The van der Waals surface area contributed by atoms with Crippen molar-refractivity contribution in [2.45, 2.75) is 39.2 Å². The number of benzene rings is 2. The number of hydrogen-bond acceptors (Lipinski definition) is 4. The molecule has 0 radical (unpaired) electrons. The van der Waals surface area contributed by atoms with Crippen molar-refractivity contribution in [2.75, 3.05) is 23.3 Å². The minimum absolute atomic E-state index is 0.0212. The summed E-state index contributed by atoms with van der Waals surface area (Å²) >= 11 is 0. The monoisotopic (exact) mass is 434 g/mol. The lowest BCUT2D eigenvalue weighted by Crippen LogP contribution is -2.44. The molecule has 166 valence electrons. The Hall–Kier alpha value is -3.68. The molecule has 0 bridgehead atoms. The first-order chi connectivity index (χ1) is 15.2. The van der Waals surface area contributed by atoms with Gasteiger partial charge in [0.1, 0.15) is 12.1 Å². The second kappa shape index (κ2) is 8.11. The normalized spacial score (nSPS) is 19.7. The fraction of sp³-hybridized carbons (Fsp3) is 0.333. The lowest BCUT2D eigenvalue weighted by atomic mass is 9.87. The van der Waals surface area contributed by atoms with Crippen LogP contribution in [0.3, 0.4) is 0 Å². The average molecular weight is 434 g/mol. The molecule has 1 atom stereocenters. The van der Waals surface area contributed by atoms with Gasteiger partial charge in [-0.05, 0) is 49.1 Å². The maximum absolute atomic E-state index is 13.2. The van der Waals surface area contributed by atoms with E-state index in [4.69, 9.17) is 0 Å². The van der Waals surface area contributed by atoms with E-state index in [1.54, 1.807) is 17.0 Å². The van der Waals surface area contributed by atoms with Gasteiger partial charge in [0.2, 0.25) is 11.8 Å². The van der Waals surface area contributed by atoms with Crippen LogP contribution in [0.25, 0.3) is 0 Å². The number of imide groups is 1. The van der Waals surface area contributed by atoms with Gasteiger partial charge < -0.3 is 15.5 Å². The van der Waals surface area contributed by atoms with E-state index in [0.29, 0.717) is 30.6 Å². The van der Waals surface area contributed by atoms with E-state index in [0.717, 1.165) is 21.7 Å². The van der Waals surface area contributed by atoms with Crippen molar-refractivity contribution in [3.8, 4) is 0 Å². The van der Waals surface area contributed by atoms with Crippen molar-refractivity contribution in [3.63, 3.8) is 0 Å². The largest absolute Gasteiger partial charge is 0.325 e. The zero-order chi connectivity index (χ0) is 23.0. The van der Waals surface area contributed by atoms with Gasteiger partial charge >= 0.3 is 6.03 Å². The molecule has 2 aromatic carbocycles. The van der Waals surface area contributed by atoms with Crippen molar-refractivity contribution in [2.24, 2.45) is 0 Å². The van der Waals surface area contributed by atoms with Gasteiger partial charge in [0.15, 0.2) is 0 Å². The molecule has 4 rings (SSSR count). The van der Waals surface area contributed by atoms with Crippen LogP contribution in [0.5, 0.6) is 0 Å². The molecule has 0 saturated carbocycles. The zero-order valence-corrected chi connectivity index (χ0v) is 18.4. The quantitative estimate of drug-likeness (QED) is 0.707. The number of hydrogen-bond donors (Lipinski definition) is 2. The molecule has 2 aliphatic heterocycles. The first kappa shape index (κ1) is 21.5. The number of fused-ring (bicyclic) bond motifs is 1. The summed E-state index contributed by atoms with van der Waals surface area (Å²) in [5.41, 5.74) is 2.95. The molecule has 8 nitrogen and oxygen atoms in total. The van der Waals surface area contributed by atoms with Crippen molar-refractivity contribution in [1.29, 1.82) is 0 Å². The van der Waals surface area contributed by atoms with Crippen molar-refractivity contribution in [1.82, 2.24) is 10.2 Å². The van der Waals surface area contributed by atoms with Gasteiger partial charge in [-0.25, -0.2) is 4.79 Å². The van der Waals surface area contributed by atoms with E-state index >= 15 is 0 Å². The van der Waals surface area contributed by atoms with Gasteiger partial charge in [-0.2, -0.15) is 0 Å². The molecule has 0 unspecified atom stereocenters. The summed E-state index contributed by atoms with van der Waals surface area (Å²) in [6, 6.07) is 12.2. The summed E-state index contributed by atoms with van der Waals surface area (Å²) in [5, 5.41) is 5.55. The Morgan fingerprint density at radius 3 is 2.50 bits per heavy atom. The van der Waals surface area contributed by atoms with Crippen LogP contribution < -0.4 is 15.5 Å². The second-order valence-corrected chi connectivity index (χ2v) is 8.26. The van der Waals surface area contributed by atoms with Crippen LogP contribution in [-0.2, 0) is 26.3 Å². The number of aryl methyl sites for hydroxylation is 1. The SMILES string of the molecule is CC[C@]1(c2ccc(C)cc2)NC(=O)N(CC(=O)Nc2ccc3c(c2)CCN3C(C)=O)C1=O. The standard InChI is InChI=1S/C24H26N4O4/c1-4-24(18-7-5-15(2)6-8-18)22(31)28(23(32)26-24)14-21(30)25-19-9-10-20-17(13-19)11-12-27(20)16(3)29/h5-10,13H,4,11-12,14H2,1-3H3,(H,25,30)(H,26,32)/t24-/m1/s1. The van der Waals surface area contributed by atoms with Gasteiger partial charge in [-0.1, -0.05) is 36.8 Å². The molecule has 2 N–H and O–H groups in total. The highest BCUT2D eigenvalue weighted by atomic mass is 16.2. The molecule has 8 heteroatoms. The van der Waals surface area contributed by atoms with E-state index in [2.05, 4.69) is 10.6 Å². The first-order valence-electron chi connectivity index (χ1n) is 10.7. The lowest BCUT2D eigenvalue weighted by Gasteiger charge is -2.26. The van der Waals surface area contributed by atoms with E-state index < -0.39 is 23.4 Å². The number of carbonyl (C=O) groups is 4. The molecule has 0 aliphatic carbocycles. The van der Waals surface area contributed by atoms with Crippen LogP contribution in [0.2, 0.25) is 0 Å². The molecule has 1 fully saturated rings. The number of amides is 5. The van der Waals surface area contributed by atoms with Gasteiger partial charge in [0.25, 0.3) is 5.91 Å². The summed E-state index contributed by atoms with van der Waals surface area (Å²) in [7, 11) is 0. The number of anilines is 2. The Balaban J connectivity index is 1.48. The van der Waals surface area contributed by atoms with E-state index in [9.17, 15) is 19.2 Å². The van der Waals surface area contributed by atoms with Crippen molar-refractivity contribution in [3.05, 3.63) is 59.2 Å². The van der Waals surface area contributed by atoms with Crippen LogP contribution in [-0.4, -0.2) is 41.7 Å². The minimum Gasteiger partial charge on any atom is -0.325 e. The second-order valence-electron chi connectivity index (χ2n) is 8.26. The van der Waals surface area contributed by atoms with Gasteiger partial charge in [-0.15, -0.1) is 0 Å². The highest BCUT2D eigenvalue weighted by molar-refractivity contribution is 6.10. The van der Waals surface area contributed by atoms with Crippen molar-refractivity contribution < 1.29 is 19.2 Å². The smallest absolute Gasteiger partial charge is 0.325 e. The predicted molar refractivity (Wildman–Crippen MR) is 120 cm³/mol. The minimum atomic E-state index is -1.17. The molecule has 2 aromatic rings. The molecule has 32 heavy (non-hydrogen) atoms. The highest BCUT2D eigenvalue weighted by Gasteiger charge is 2.51. The number of rotatable bonds is 5. The summed E-state index contributed by atoms with van der Waals surface area (Å²) < 4.78 is 0. The number of carbonyl (C=O) groups excluding carboxylic acids is 4. The molecule has 0 spiro atoms. The maximum Gasteiger partial charge on any atom is 0.325 e. The molecular formula is C24H26N4O4. The van der Waals surface area contributed by atoms with Crippen LogP contribution in [0.1, 0.15) is 37.0 Å². The Labute approximate surface area is 186 Å². The Kier molecular flexibility index (Phi) is 5.46. The summed E-state index contributed by atoms with van der Waals surface area (Å²) in [6.07, 6.45) is 1.08. The number of nitrogens with one attached hydrogen (secondary N) is 2.